The fraction of sp³-hybridized carbons (Fsp3) is 0.400. The quantitative estimate of drug-likeness (QED) is 0.552. The van der Waals surface area contributed by atoms with E-state index < -0.39 is 0 Å². The third kappa shape index (κ3) is 2.28. The van der Waals surface area contributed by atoms with Crippen LogP contribution in [0.15, 0.2) is 24.3 Å². The Morgan fingerprint density at radius 3 is 2.86 bits per heavy atom. The van der Waals surface area contributed by atoms with Crippen molar-refractivity contribution in [3.8, 4) is 0 Å². The van der Waals surface area contributed by atoms with Crippen LogP contribution < -0.4 is 5.32 Å². The number of nitrogens with one attached hydrogen (secondary N) is 2. The number of ketones is 1. The summed E-state index contributed by atoms with van der Waals surface area (Å²) < 4.78 is 0. The average molecular weight is 302 g/mol. The predicted molar refractivity (Wildman–Crippen MR) is 80.9 cm³/mol. The topological polar surface area (TPSA) is 98.3 Å². The molecule has 2 aliphatic rings. The van der Waals surface area contributed by atoms with Gasteiger partial charge in [0.25, 0.3) is 6.47 Å². The molecular formula is C15H18N4O3. The fourth-order valence-electron chi connectivity index (χ4n) is 3.47. The Labute approximate surface area is 127 Å². The number of carbonyl (C=O) groups is 2. The highest BCUT2D eigenvalue weighted by Crippen LogP contribution is 2.30. The van der Waals surface area contributed by atoms with E-state index in [1.165, 1.54) is 0 Å². The number of nitrogens with zero attached hydrogens (tertiary/aromatic N) is 2. The van der Waals surface area contributed by atoms with Crippen LogP contribution in [0.5, 0.6) is 0 Å². The van der Waals surface area contributed by atoms with Crippen LogP contribution in [-0.2, 0) is 4.79 Å². The highest BCUT2D eigenvalue weighted by atomic mass is 16.3. The summed E-state index contributed by atoms with van der Waals surface area (Å²) in [6, 6.07) is 8.47. The lowest BCUT2D eigenvalue weighted by molar-refractivity contribution is -0.122. The molecule has 2 aliphatic heterocycles. The van der Waals surface area contributed by atoms with Crippen molar-refractivity contribution in [1.82, 2.24) is 20.4 Å². The molecule has 2 aromatic rings. The molecule has 2 fully saturated rings. The maximum atomic E-state index is 12.8. The Kier molecular flexibility index (Phi) is 3.91. The summed E-state index contributed by atoms with van der Waals surface area (Å²) in [6.45, 7) is 0.742. The largest absolute Gasteiger partial charge is 0.483 e. The molecule has 3 atom stereocenters. The zero-order valence-corrected chi connectivity index (χ0v) is 12.2. The van der Waals surface area contributed by atoms with Gasteiger partial charge in [-0.2, -0.15) is 5.10 Å². The lowest BCUT2D eigenvalue weighted by atomic mass is 10.0. The molecule has 0 spiro atoms. The van der Waals surface area contributed by atoms with Crippen molar-refractivity contribution in [2.45, 2.75) is 24.5 Å². The minimum atomic E-state index is -0.250. The monoisotopic (exact) mass is 302 g/mol. The van der Waals surface area contributed by atoms with Gasteiger partial charge in [-0.05, 0) is 19.5 Å². The van der Waals surface area contributed by atoms with Crippen molar-refractivity contribution in [2.24, 2.45) is 0 Å². The van der Waals surface area contributed by atoms with Crippen LogP contribution >= 0.6 is 0 Å². The molecule has 0 amide bonds. The third-order valence-corrected chi connectivity index (χ3v) is 4.51. The van der Waals surface area contributed by atoms with Crippen LogP contribution in [0.25, 0.3) is 10.9 Å². The second-order valence-electron chi connectivity index (χ2n) is 5.60. The smallest absolute Gasteiger partial charge is 0.290 e. The lowest BCUT2D eigenvalue weighted by Crippen LogP contribution is -2.53. The molecule has 7 nitrogen and oxygen atoms in total. The molecule has 2 saturated heterocycles. The number of aromatic nitrogens is 2. The molecular weight excluding hydrogens is 284 g/mol. The summed E-state index contributed by atoms with van der Waals surface area (Å²) in [5, 5.41) is 18.4. The number of hydrogen-bond acceptors (Lipinski definition) is 5. The number of benzene rings is 1. The first-order valence-electron chi connectivity index (χ1n) is 7.18. The van der Waals surface area contributed by atoms with E-state index in [0.29, 0.717) is 11.7 Å². The Bertz CT molecular complexity index is 697. The SMILES string of the molecule is CN1C(C(=O)c2n[nH]c3ccccc23)[C@H]2C[C@H]1CN2.O=CO. The molecule has 7 heteroatoms. The van der Waals surface area contributed by atoms with Crippen molar-refractivity contribution in [3.05, 3.63) is 30.0 Å². The molecule has 3 N–H and O–H groups in total. The van der Waals surface area contributed by atoms with E-state index in [2.05, 4.69) is 20.4 Å². The molecule has 1 unspecified atom stereocenters. The number of aromatic amines is 1. The maximum Gasteiger partial charge on any atom is 0.290 e. The fourth-order valence-corrected chi connectivity index (χ4v) is 3.47. The highest BCUT2D eigenvalue weighted by Gasteiger charge is 2.48. The molecule has 116 valence electrons. The van der Waals surface area contributed by atoms with Gasteiger partial charge >= 0.3 is 0 Å². The number of para-hydroxylation sites is 1. The predicted octanol–water partition coefficient (Wildman–Crippen LogP) is 0.491. The van der Waals surface area contributed by atoms with Crippen LogP contribution in [0.1, 0.15) is 16.9 Å². The molecule has 4 rings (SSSR count). The van der Waals surface area contributed by atoms with E-state index in [4.69, 9.17) is 9.90 Å². The average Bonchev–Trinajstić information content (AvgIpc) is 3.21. The molecule has 0 radical (unpaired) electrons. The first-order chi connectivity index (χ1) is 10.7. The van der Waals surface area contributed by atoms with Gasteiger partial charge in [-0.3, -0.25) is 19.6 Å². The second kappa shape index (κ2) is 5.86. The van der Waals surface area contributed by atoms with Crippen LogP contribution in [-0.4, -0.2) is 64.2 Å². The van der Waals surface area contributed by atoms with Gasteiger partial charge in [-0.1, -0.05) is 18.2 Å². The number of hydrogen-bond donors (Lipinski definition) is 3. The number of likely N-dealkylation sites (tertiary alicyclic amines) is 1. The number of carbonyl (C=O) groups excluding carboxylic acids is 1. The van der Waals surface area contributed by atoms with Gasteiger partial charge in [0, 0.05) is 24.0 Å². The third-order valence-electron chi connectivity index (χ3n) is 4.51. The summed E-state index contributed by atoms with van der Waals surface area (Å²) >= 11 is 0. The van der Waals surface area contributed by atoms with Gasteiger partial charge in [-0.25, -0.2) is 0 Å². The summed E-state index contributed by atoms with van der Waals surface area (Å²) in [5.74, 6) is 0.125. The van der Waals surface area contributed by atoms with E-state index in [1.54, 1.807) is 0 Å². The standard InChI is InChI=1S/C14H16N4O.CH2O2/c1-18-8-6-11(15-7-8)13(18)14(19)12-9-4-2-3-5-10(9)16-17-12;2-1-3/h2-5,8,11,13,15H,6-7H2,1H3,(H,16,17);1H,(H,2,3)/t8-,11+,13?;/m0./s1. The molecule has 0 saturated carbocycles. The van der Waals surface area contributed by atoms with E-state index in [-0.39, 0.29) is 24.3 Å². The molecule has 3 heterocycles. The minimum Gasteiger partial charge on any atom is -0.483 e. The van der Waals surface area contributed by atoms with E-state index >= 15 is 0 Å². The van der Waals surface area contributed by atoms with E-state index in [1.807, 2.05) is 31.3 Å². The van der Waals surface area contributed by atoms with E-state index in [0.717, 1.165) is 23.9 Å². The Hall–Kier alpha value is -2.25. The molecule has 22 heavy (non-hydrogen) atoms. The molecule has 2 bridgehead atoms. The van der Waals surface area contributed by atoms with Crippen molar-refractivity contribution >= 4 is 23.2 Å². The van der Waals surface area contributed by atoms with Gasteiger partial charge in [0.05, 0.1) is 11.6 Å². The number of fused-ring (bicyclic) bond motifs is 3. The Morgan fingerprint density at radius 2 is 2.18 bits per heavy atom. The van der Waals surface area contributed by atoms with Crippen LogP contribution in [0.4, 0.5) is 0 Å². The number of carboxylic acid groups (broad SMARTS) is 1. The normalized spacial score (nSPS) is 26.7. The Morgan fingerprint density at radius 1 is 1.45 bits per heavy atom. The summed E-state index contributed by atoms with van der Waals surface area (Å²) in [5.41, 5.74) is 1.49. The zero-order chi connectivity index (χ0) is 15.7. The van der Waals surface area contributed by atoms with Gasteiger partial charge < -0.3 is 10.4 Å². The summed E-state index contributed by atoms with van der Waals surface area (Å²) in [4.78, 5) is 23.3. The molecule has 1 aromatic carbocycles. The highest BCUT2D eigenvalue weighted by molar-refractivity contribution is 6.09. The zero-order valence-electron chi connectivity index (χ0n) is 12.2. The number of rotatable bonds is 2. The summed E-state index contributed by atoms with van der Waals surface area (Å²) in [7, 11) is 2.04. The van der Waals surface area contributed by atoms with E-state index in [9.17, 15) is 4.79 Å². The molecule has 1 aromatic heterocycles. The minimum absolute atomic E-state index is 0.0783. The van der Waals surface area contributed by atoms with Gasteiger partial charge in [0.15, 0.2) is 0 Å². The number of piperazine rings is 1. The van der Waals surface area contributed by atoms with Crippen molar-refractivity contribution in [1.29, 1.82) is 0 Å². The maximum absolute atomic E-state index is 12.8. The first kappa shape index (κ1) is 14.7. The van der Waals surface area contributed by atoms with Crippen LogP contribution in [0.3, 0.4) is 0 Å². The first-order valence-corrected chi connectivity index (χ1v) is 7.18. The number of Topliss-reactive ketones (excluding diaryl/α,β-unsaturated/α-hetero) is 1. The van der Waals surface area contributed by atoms with Crippen molar-refractivity contribution in [2.75, 3.05) is 13.6 Å². The van der Waals surface area contributed by atoms with Crippen molar-refractivity contribution in [3.63, 3.8) is 0 Å². The van der Waals surface area contributed by atoms with Gasteiger partial charge in [0.1, 0.15) is 5.69 Å². The van der Waals surface area contributed by atoms with Gasteiger partial charge in [-0.15, -0.1) is 0 Å². The molecule has 0 aliphatic carbocycles. The van der Waals surface area contributed by atoms with Crippen LogP contribution in [0.2, 0.25) is 0 Å². The van der Waals surface area contributed by atoms with Crippen molar-refractivity contribution < 1.29 is 14.7 Å². The number of likely N-dealkylation sites (N-methyl/N-ethyl adjacent to an activating group) is 1. The lowest BCUT2D eigenvalue weighted by Gasteiger charge is -2.30. The van der Waals surface area contributed by atoms with Crippen LogP contribution in [0, 0.1) is 0 Å². The second-order valence-corrected chi connectivity index (χ2v) is 5.60. The van der Waals surface area contributed by atoms with Gasteiger partial charge in [0.2, 0.25) is 5.78 Å². The Balaban J connectivity index is 0.000000446. The number of H-pyrrole nitrogens is 1. The summed E-state index contributed by atoms with van der Waals surface area (Å²) in [6.07, 6.45) is 1.06.